The van der Waals surface area contributed by atoms with Crippen LogP contribution in [-0.2, 0) is 20.2 Å². The maximum absolute atomic E-state index is 12.5. The summed E-state index contributed by atoms with van der Waals surface area (Å²) in [5, 5.41) is 3.02. The molecule has 0 saturated heterocycles. The van der Waals surface area contributed by atoms with Gasteiger partial charge in [0, 0.05) is 13.0 Å². The molecule has 0 aromatic heterocycles. The Morgan fingerprint density at radius 2 is 1.68 bits per heavy atom. The molecule has 170 valence electrons. The van der Waals surface area contributed by atoms with Crippen LogP contribution in [0.15, 0.2) is 42.5 Å². The monoisotopic (exact) mass is 444 g/mol. The topological polar surface area (TPSA) is 66.5 Å². The maximum Gasteiger partial charge on any atom is 0.232 e. The molecule has 0 saturated carbocycles. The summed E-state index contributed by atoms with van der Waals surface area (Å²) in [5.41, 5.74) is 5.04. The summed E-state index contributed by atoms with van der Waals surface area (Å²) in [5.74, 6) is -0.0817. The lowest BCUT2D eigenvalue weighted by atomic mass is 9.86. The largest absolute Gasteiger partial charge is 0.350 e. The van der Waals surface area contributed by atoms with Crippen molar-refractivity contribution in [2.45, 2.75) is 65.8 Å². The minimum atomic E-state index is -3.44. The van der Waals surface area contributed by atoms with Crippen molar-refractivity contribution in [2.75, 3.05) is 17.1 Å². The second-order valence-corrected chi connectivity index (χ2v) is 11.2. The summed E-state index contributed by atoms with van der Waals surface area (Å²) in [6.07, 6.45) is 1.92. The molecule has 0 heterocycles. The molecule has 0 radical (unpaired) electrons. The SMILES string of the molecule is Cc1cccc(N(CCCC(=O)N[C@@H](C)c2ccc(C(C)(C)C)cc2)S(C)(=O)=O)c1C. The van der Waals surface area contributed by atoms with Crippen LogP contribution in [0.1, 0.15) is 68.8 Å². The second-order valence-electron chi connectivity index (χ2n) is 9.32. The summed E-state index contributed by atoms with van der Waals surface area (Å²) >= 11 is 0. The van der Waals surface area contributed by atoms with Crippen molar-refractivity contribution in [1.82, 2.24) is 5.32 Å². The Balaban J connectivity index is 1.97. The molecule has 1 N–H and O–H groups in total. The molecule has 5 nitrogen and oxygen atoms in total. The molecular weight excluding hydrogens is 408 g/mol. The Kier molecular flexibility index (Phi) is 7.93. The number of amides is 1. The van der Waals surface area contributed by atoms with Crippen molar-refractivity contribution in [2.24, 2.45) is 0 Å². The predicted molar refractivity (Wildman–Crippen MR) is 129 cm³/mol. The number of carbonyl (C=O) groups excluding carboxylic acids is 1. The molecule has 0 aliphatic rings. The zero-order valence-electron chi connectivity index (χ0n) is 19.8. The van der Waals surface area contributed by atoms with Gasteiger partial charge in [-0.2, -0.15) is 0 Å². The van der Waals surface area contributed by atoms with E-state index in [0.29, 0.717) is 12.1 Å². The Labute approximate surface area is 187 Å². The Bertz CT molecular complexity index is 1010. The lowest BCUT2D eigenvalue weighted by molar-refractivity contribution is -0.121. The first-order valence-electron chi connectivity index (χ1n) is 10.7. The lowest BCUT2D eigenvalue weighted by Gasteiger charge is -2.25. The van der Waals surface area contributed by atoms with Crippen LogP contribution in [0.25, 0.3) is 0 Å². The van der Waals surface area contributed by atoms with E-state index < -0.39 is 10.0 Å². The first kappa shape index (κ1) is 24.9. The molecule has 0 spiro atoms. The minimum absolute atomic E-state index is 0.0817. The number of rotatable bonds is 8. The number of nitrogens with one attached hydrogen (secondary N) is 1. The van der Waals surface area contributed by atoms with Crippen LogP contribution in [0, 0.1) is 13.8 Å². The highest BCUT2D eigenvalue weighted by Crippen LogP contribution is 2.26. The molecule has 2 aromatic rings. The molecule has 0 fully saturated rings. The van der Waals surface area contributed by atoms with Gasteiger partial charge in [0.1, 0.15) is 0 Å². The van der Waals surface area contributed by atoms with Gasteiger partial charge in [0.05, 0.1) is 18.0 Å². The molecular formula is C25H36N2O3S. The summed E-state index contributed by atoms with van der Waals surface area (Å²) in [6, 6.07) is 13.8. The Hall–Kier alpha value is -2.34. The van der Waals surface area contributed by atoms with Crippen molar-refractivity contribution >= 4 is 21.6 Å². The first-order valence-corrected chi connectivity index (χ1v) is 12.6. The first-order chi connectivity index (χ1) is 14.3. The van der Waals surface area contributed by atoms with Crippen LogP contribution in [0.5, 0.6) is 0 Å². The van der Waals surface area contributed by atoms with E-state index in [1.165, 1.54) is 16.1 Å². The zero-order valence-corrected chi connectivity index (χ0v) is 20.6. The van der Waals surface area contributed by atoms with Crippen LogP contribution in [0.4, 0.5) is 5.69 Å². The standard InChI is InChI=1S/C25H36N2O3S/c1-18-10-8-11-23(19(18)2)27(31(7,29)30)17-9-12-24(28)26-20(3)21-13-15-22(16-14-21)25(4,5)6/h8,10-11,13-16,20H,9,12,17H2,1-7H3,(H,26,28)/t20-/m0/s1. The Morgan fingerprint density at radius 1 is 1.06 bits per heavy atom. The van der Waals surface area contributed by atoms with Gasteiger partial charge in [-0.3, -0.25) is 9.10 Å². The van der Waals surface area contributed by atoms with Crippen LogP contribution >= 0.6 is 0 Å². The van der Waals surface area contributed by atoms with Gasteiger partial charge in [0.2, 0.25) is 15.9 Å². The molecule has 1 amide bonds. The summed E-state index contributed by atoms with van der Waals surface area (Å²) in [6.45, 7) is 12.6. The van der Waals surface area contributed by atoms with Crippen LogP contribution in [0.2, 0.25) is 0 Å². The average molecular weight is 445 g/mol. The number of benzene rings is 2. The molecule has 0 aliphatic heterocycles. The van der Waals surface area contributed by atoms with E-state index in [4.69, 9.17) is 0 Å². The van der Waals surface area contributed by atoms with E-state index >= 15 is 0 Å². The lowest BCUT2D eigenvalue weighted by Crippen LogP contribution is -2.33. The molecule has 6 heteroatoms. The molecule has 0 bridgehead atoms. The molecule has 0 unspecified atom stereocenters. The van der Waals surface area contributed by atoms with Crippen LogP contribution < -0.4 is 9.62 Å². The third kappa shape index (κ3) is 6.82. The highest BCUT2D eigenvalue weighted by Gasteiger charge is 2.20. The van der Waals surface area contributed by atoms with E-state index in [9.17, 15) is 13.2 Å². The van der Waals surface area contributed by atoms with Gasteiger partial charge < -0.3 is 5.32 Å². The predicted octanol–water partition coefficient (Wildman–Crippen LogP) is 5.02. The van der Waals surface area contributed by atoms with Crippen molar-refractivity contribution in [3.8, 4) is 0 Å². The van der Waals surface area contributed by atoms with Gasteiger partial charge in [-0.15, -0.1) is 0 Å². The van der Waals surface area contributed by atoms with E-state index in [1.54, 1.807) is 0 Å². The fourth-order valence-electron chi connectivity index (χ4n) is 3.52. The maximum atomic E-state index is 12.5. The van der Waals surface area contributed by atoms with Gasteiger partial charge in [-0.25, -0.2) is 8.42 Å². The number of hydrogen-bond acceptors (Lipinski definition) is 3. The highest BCUT2D eigenvalue weighted by molar-refractivity contribution is 7.92. The van der Waals surface area contributed by atoms with Gasteiger partial charge >= 0.3 is 0 Å². The number of anilines is 1. The number of aryl methyl sites for hydroxylation is 1. The van der Waals surface area contributed by atoms with Gasteiger partial charge in [0.15, 0.2) is 0 Å². The van der Waals surface area contributed by atoms with Crippen LogP contribution in [0.3, 0.4) is 0 Å². The van der Waals surface area contributed by atoms with Crippen molar-refractivity contribution in [3.05, 3.63) is 64.7 Å². The molecule has 2 rings (SSSR count). The quantitative estimate of drug-likeness (QED) is 0.621. The summed E-state index contributed by atoms with van der Waals surface area (Å²) in [7, 11) is -3.44. The van der Waals surface area contributed by atoms with Crippen molar-refractivity contribution in [1.29, 1.82) is 0 Å². The third-order valence-corrected chi connectivity index (χ3v) is 6.84. The molecule has 0 aliphatic carbocycles. The van der Waals surface area contributed by atoms with Gasteiger partial charge in [0.25, 0.3) is 0 Å². The highest BCUT2D eigenvalue weighted by atomic mass is 32.2. The normalized spacial score (nSPS) is 13.0. The molecule has 31 heavy (non-hydrogen) atoms. The third-order valence-electron chi connectivity index (χ3n) is 5.66. The Morgan fingerprint density at radius 3 is 2.23 bits per heavy atom. The smallest absolute Gasteiger partial charge is 0.232 e. The minimum Gasteiger partial charge on any atom is -0.350 e. The van der Waals surface area contributed by atoms with Crippen molar-refractivity contribution < 1.29 is 13.2 Å². The average Bonchev–Trinajstić information content (AvgIpc) is 2.66. The van der Waals surface area contributed by atoms with E-state index in [0.717, 1.165) is 16.7 Å². The zero-order chi connectivity index (χ0) is 23.4. The van der Waals surface area contributed by atoms with Gasteiger partial charge in [-0.05, 0) is 60.9 Å². The molecule has 1 atom stereocenters. The molecule has 2 aromatic carbocycles. The van der Waals surface area contributed by atoms with E-state index in [-0.39, 0.29) is 30.3 Å². The summed E-state index contributed by atoms with van der Waals surface area (Å²) in [4.78, 5) is 12.5. The van der Waals surface area contributed by atoms with Crippen LogP contribution in [-0.4, -0.2) is 27.1 Å². The fourth-order valence-corrected chi connectivity index (χ4v) is 4.54. The number of nitrogens with zero attached hydrogens (tertiary/aromatic N) is 1. The van der Waals surface area contributed by atoms with E-state index in [1.807, 2.05) is 39.0 Å². The number of carbonyl (C=O) groups is 1. The van der Waals surface area contributed by atoms with Gasteiger partial charge in [-0.1, -0.05) is 57.2 Å². The fraction of sp³-hybridized carbons (Fsp3) is 0.480. The van der Waals surface area contributed by atoms with E-state index in [2.05, 4.69) is 50.4 Å². The number of sulfonamides is 1. The summed E-state index contributed by atoms with van der Waals surface area (Å²) < 4.78 is 26.1. The van der Waals surface area contributed by atoms with Crippen molar-refractivity contribution in [3.63, 3.8) is 0 Å². The second kappa shape index (κ2) is 9.86. The number of hydrogen-bond donors (Lipinski definition) is 1.